The van der Waals surface area contributed by atoms with Crippen LogP contribution in [0, 0.1) is 16.7 Å². The highest BCUT2D eigenvalue weighted by atomic mass is 16.3. The highest BCUT2D eigenvalue weighted by molar-refractivity contribution is 6.19. The van der Waals surface area contributed by atoms with Gasteiger partial charge in [-0.05, 0) is 46.5 Å². The summed E-state index contributed by atoms with van der Waals surface area (Å²) in [5.41, 5.74) is -3.24. The van der Waals surface area contributed by atoms with Crippen LogP contribution in [0.4, 0.5) is 0 Å². The fourth-order valence-electron chi connectivity index (χ4n) is 6.65. The Labute approximate surface area is 265 Å². The quantitative estimate of drug-likeness (QED) is 0.0693. The van der Waals surface area contributed by atoms with E-state index in [2.05, 4.69) is 6.92 Å². The number of carbonyl (C=O) groups excluding carboxylic acids is 3. The van der Waals surface area contributed by atoms with Crippen LogP contribution >= 0.6 is 0 Å². The maximum absolute atomic E-state index is 13.7. The molecule has 1 aliphatic carbocycles. The smallest absolute Gasteiger partial charge is 0.175 e. The molecule has 0 saturated heterocycles. The first-order chi connectivity index (χ1) is 20.6. The number of phenols is 3. The molecule has 248 valence electrons. The van der Waals surface area contributed by atoms with Crippen LogP contribution in [0.25, 0.3) is 0 Å². The average molecular weight is 615 g/mol. The van der Waals surface area contributed by atoms with Gasteiger partial charge in [0.15, 0.2) is 17.3 Å². The molecule has 0 heterocycles. The predicted molar refractivity (Wildman–Crippen MR) is 176 cm³/mol. The second kappa shape index (κ2) is 16.5. The van der Waals surface area contributed by atoms with Crippen molar-refractivity contribution in [1.82, 2.24) is 0 Å². The van der Waals surface area contributed by atoms with Gasteiger partial charge < -0.3 is 20.4 Å². The normalized spacial score (nSPS) is 17.0. The zero-order chi connectivity index (χ0) is 33.2. The van der Waals surface area contributed by atoms with E-state index in [4.69, 9.17) is 0 Å². The Bertz CT molecular complexity index is 1190. The van der Waals surface area contributed by atoms with E-state index in [1.54, 1.807) is 13.8 Å². The summed E-state index contributed by atoms with van der Waals surface area (Å²) in [4.78, 5) is 40.1. The largest absolute Gasteiger partial charge is 0.511 e. The minimum Gasteiger partial charge on any atom is -0.511 e. The van der Waals surface area contributed by atoms with Crippen molar-refractivity contribution in [1.29, 1.82) is 0 Å². The van der Waals surface area contributed by atoms with Crippen LogP contribution in [0.2, 0.25) is 0 Å². The number of aromatic hydroxyl groups is 3. The molecule has 0 bridgehead atoms. The van der Waals surface area contributed by atoms with Gasteiger partial charge in [-0.1, -0.05) is 97.8 Å². The third-order valence-corrected chi connectivity index (χ3v) is 9.28. The Balaban J connectivity index is 2.17. The zero-order valence-electron chi connectivity index (χ0n) is 28.4. The Morgan fingerprint density at radius 1 is 0.727 bits per heavy atom. The van der Waals surface area contributed by atoms with Crippen LogP contribution in [0.1, 0.15) is 167 Å². The number of aliphatic hydroxyl groups excluding tert-OH is 1. The molecule has 4 N–H and O–H groups in total. The van der Waals surface area contributed by atoms with Crippen molar-refractivity contribution in [2.75, 3.05) is 0 Å². The highest BCUT2D eigenvalue weighted by Crippen LogP contribution is 2.52. The van der Waals surface area contributed by atoms with Gasteiger partial charge in [0, 0.05) is 29.5 Å². The lowest BCUT2D eigenvalue weighted by atomic mass is 9.60. The third kappa shape index (κ3) is 8.88. The van der Waals surface area contributed by atoms with Gasteiger partial charge in [0.1, 0.15) is 28.6 Å². The van der Waals surface area contributed by atoms with Crippen LogP contribution in [0.3, 0.4) is 0 Å². The monoisotopic (exact) mass is 614 g/mol. The average Bonchev–Trinajstić information content (AvgIpc) is 2.93. The van der Waals surface area contributed by atoms with Crippen molar-refractivity contribution < 1.29 is 34.8 Å². The molecule has 1 aliphatic rings. The molecule has 2 rings (SSSR count). The maximum Gasteiger partial charge on any atom is 0.175 e. The Kier molecular flexibility index (Phi) is 14.0. The summed E-state index contributed by atoms with van der Waals surface area (Å²) in [7, 11) is 0. The number of hydrogen-bond acceptors (Lipinski definition) is 7. The van der Waals surface area contributed by atoms with Gasteiger partial charge in [0.2, 0.25) is 0 Å². The van der Waals surface area contributed by atoms with Crippen molar-refractivity contribution in [3.63, 3.8) is 0 Å². The molecule has 1 atom stereocenters. The van der Waals surface area contributed by atoms with Gasteiger partial charge >= 0.3 is 0 Å². The van der Waals surface area contributed by atoms with E-state index in [0.29, 0.717) is 6.42 Å². The van der Waals surface area contributed by atoms with Gasteiger partial charge in [-0.2, -0.15) is 0 Å². The molecule has 0 aliphatic heterocycles. The highest BCUT2D eigenvalue weighted by Gasteiger charge is 2.55. The summed E-state index contributed by atoms with van der Waals surface area (Å²) >= 11 is 0. The molecule has 0 fully saturated rings. The number of allylic oxidation sites excluding steroid dienone is 2. The molecule has 0 saturated carbocycles. The molecule has 7 nitrogen and oxygen atoms in total. The SMILES string of the molecule is CCCCCCCCCCCCCCCC(=O)c1c(O)cc(O)c(C(CC(C)C)C2=C(O)C(C)(C)C(=O)C(C)(C)C2=O)c1O. The van der Waals surface area contributed by atoms with Crippen LogP contribution in [-0.4, -0.2) is 37.8 Å². The Morgan fingerprint density at radius 2 is 1.20 bits per heavy atom. The predicted octanol–water partition coefficient (Wildman–Crippen LogP) is 9.61. The third-order valence-electron chi connectivity index (χ3n) is 9.28. The van der Waals surface area contributed by atoms with Crippen molar-refractivity contribution in [2.45, 2.75) is 151 Å². The number of aliphatic hydroxyl groups is 1. The molecule has 1 aromatic rings. The number of Topliss-reactive ketones (excluding diaryl/α,β-unsaturated/α-hetero) is 3. The summed E-state index contributed by atoms with van der Waals surface area (Å²) in [5.74, 6) is -4.51. The number of ketones is 3. The molecule has 0 spiro atoms. The number of benzene rings is 1. The zero-order valence-corrected chi connectivity index (χ0v) is 28.4. The summed E-state index contributed by atoms with van der Waals surface area (Å²) in [6, 6.07) is 1.02. The number of unbranched alkanes of at least 4 members (excludes halogenated alkanes) is 12. The topological polar surface area (TPSA) is 132 Å². The maximum atomic E-state index is 13.7. The van der Waals surface area contributed by atoms with Crippen molar-refractivity contribution in [3.8, 4) is 17.2 Å². The second-order valence-electron chi connectivity index (χ2n) is 14.3. The Hall–Kier alpha value is -2.83. The van der Waals surface area contributed by atoms with E-state index in [1.807, 2.05) is 13.8 Å². The number of rotatable bonds is 19. The minimum absolute atomic E-state index is 0.0468. The lowest BCUT2D eigenvalue weighted by molar-refractivity contribution is -0.144. The van der Waals surface area contributed by atoms with Crippen LogP contribution in [-0.2, 0) is 9.59 Å². The van der Waals surface area contributed by atoms with Crippen molar-refractivity contribution in [2.24, 2.45) is 16.7 Å². The molecule has 7 heteroatoms. The molecule has 0 amide bonds. The number of phenolic OH excluding ortho intramolecular Hbond substituents is 3. The van der Waals surface area contributed by atoms with E-state index in [0.717, 1.165) is 25.3 Å². The molecule has 0 aromatic heterocycles. The summed E-state index contributed by atoms with van der Waals surface area (Å²) in [5, 5.41) is 44.3. The van der Waals surface area contributed by atoms with E-state index in [1.165, 1.54) is 71.6 Å². The fourth-order valence-corrected chi connectivity index (χ4v) is 6.65. The molecule has 1 unspecified atom stereocenters. The van der Waals surface area contributed by atoms with Crippen LogP contribution in [0.5, 0.6) is 17.2 Å². The summed E-state index contributed by atoms with van der Waals surface area (Å²) in [6.45, 7) is 12.2. The van der Waals surface area contributed by atoms with Gasteiger partial charge in [0.05, 0.1) is 10.8 Å². The fraction of sp³-hybridized carbons (Fsp3) is 0.703. The van der Waals surface area contributed by atoms with Crippen molar-refractivity contribution >= 4 is 17.3 Å². The van der Waals surface area contributed by atoms with Gasteiger partial charge in [-0.15, -0.1) is 0 Å². The lowest BCUT2D eigenvalue weighted by Gasteiger charge is -2.41. The van der Waals surface area contributed by atoms with E-state index in [-0.39, 0.29) is 35.5 Å². The molecule has 1 aromatic carbocycles. The van der Waals surface area contributed by atoms with Crippen molar-refractivity contribution in [3.05, 3.63) is 28.5 Å². The summed E-state index contributed by atoms with van der Waals surface area (Å²) in [6.07, 6.45) is 15.6. The first kappa shape index (κ1) is 37.4. The van der Waals surface area contributed by atoms with E-state index in [9.17, 15) is 34.8 Å². The minimum atomic E-state index is -1.44. The van der Waals surface area contributed by atoms with Crippen LogP contribution < -0.4 is 0 Å². The molecular weight excluding hydrogens is 556 g/mol. The van der Waals surface area contributed by atoms with Gasteiger partial charge in [-0.25, -0.2) is 0 Å². The first-order valence-corrected chi connectivity index (χ1v) is 16.9. The second-order valence-corrected chi connectivity index (χ2v) is 14.3. The lowest BCUT2D eigenvalue weighted by Crippen LogP contribution is -2.49. The van der Waals surface area contributed by atoms with E-state index >= 15 is 0 Å². The molecule has 0 radical (unpaired) electrons. The summed E-state index contributed by atoms with van der Waals surface area (Å²) < 4.78 is 0. The van der Waals surface area contributed by atoms with E-state index < -0.39 is 57.1 Å². The number of carbonyl (C=O) groups is 3. The molecular formula is C37H58O7. The number of hydrogen-bond donors (Lipinski definition) is 4. The Morgan fingerprint density at radius 3 is 1.68 bits per heavy atom. The standard InChI is InChI=1S/C37H58O7/c1-8-9-10-11-12-13-14-15-16-17-18-19-20-21-26(38)31-28(40)23-27(39)29(32(31)41)25(22-24(2)3)30-33(42)36(4,5)35(44)37(6,7)34(30)43/h23-25,39-42H,8-22H2,1-7H3. The molecule has 44 heavy (non-hydrogen) atoms. The van der Waals surface area contributed by atoms with Gasteiger partial charge in [-0.3, -0.25) is 14.4 Å². The van der Waals surface area contributed by atoms with Gasteiger partial charge in [0.25, 0.3) is 0 Å². The van der Waals surface area contributed by atoms with Crippen LogP contribution in [0.15, 0.2) is 17.4 Å². The first-order valence-electron chi connectivity index (χ1n) is 16.9.